The van der Waals surface area contributed by atoms with Gasteiger partial charge in [0.1, 0.15) is 11.6 Å². The Morgan fingerprint density at radius 1 is 1.20 bits per heavy atom. The molecule has 1 aliphatic heterocycles. The zero-order valence-corrected chi connectivity index (χ0v) is 15.4. The Morgan fingerprint density at radius 3 is 2.76 bits per heavy atom. The first-order valence-corrected chi connectivity index (χ1v) is 9.44. The van der Waals surface area contributed by atoms with Crippen molar-refractivity contribution < 1.29 is 4.79 Å². The molecule has 0 saturated carbocycles. The number of aromatic nitrogens is 4. The number of nitrogens with zero attached hydrogens (tertiary/aromatic N) is 5. The van der Waals surface area contributed by atoms with Gasteiger partial charge in [0.15, 0.2) is 0 Å². The van der Waals surface area contributed by atoms with Gasteiger partial charge in [-0.3, -0.25) is 4.79 Å². The minimum absolute atomic E-state index is 0.278. The van der Waals surface area contributed by atoms with Gasteiger partial charge in [-0.15, -0.1) is 0 Å². The zero-order valence-electron chi connectivity index (χ0n) is 15.4. The monoisotopic (exact) mass is 343 g/mol. The molecule has 1 amide bonds. The van der Waals surface area contributed by atoms with Crippen LogP contribution in [0.1, 0.15) is 50.7 Å². The molecule has 6 nitrogen and oxygen atoms in total. The highest BCUT2D eigenvalue weighted by Crippen LogP contribution is 2.22. The fourth-order valence-corrected chi connectivity index (χ4v) is 3.78. The number of imidazole rings is 2. The van der Waals surface area contributed by atoms with Crippen LogP contribution in [0.5, 0.6) is 0 Å². The number of hydrogen-bond donors (Lipinski definition) is 0. The molecule has 1 aliphatic rings. The summed E-state index contributed by atoms with van der Waals surface area (Å²) < 4.78 is 4.17. The maximum Gasteiger partial charge on any atom is 0.224 e. The Morgan fingerprint density at radius 2 is 2.00 bits per heavy atom. The molecule has 0 spiro atoms. The summed E-state index contributed by atoms with van der Waals surface area (Å²) in [4.78, 5) is 23.7. The molecule has 1 saturated heterocycles. The summed E-state index contributed by atoms with van der Waals surface area (Å²) in [7, 11) is 2.03. The second-order valence-electron chi connectivity index (χ2n) is 6.87. The standard InChI is InChI=1S/C19H29N5O/c1-3-17-20-11-15-23(17)13-9-19(25)24-12-5-4-6-16(24)7-8-18-21-10-14-22(18)2/h10-11,14-16H,3-9,12-13H2,1-2H3/t16-/m1/s1. The van der Waals surface area contributed by atoms with Gasteiger partial charge in [-0.25, -0.2) is 9.97 Å². The summed E-state index contributed by atoms with van der Waals surface area (Å²) >= 11 is 0. The maximum absolute atomic E-state index is 12.8. The predicted octanol–water partition coefficient (Wildman–Crippen LogP) is 2.58. The van der Waals surface area contributed by atoms with Gasteiger partial charge >= 0.3 is 0 Å². The molecule has 136 valence electrons. The fraction of sp³-hybridized carbons (Fsp3) is 0.632. The number of hydrogen-bond acceptors (Lipinski definition) is 3. The first-order chi connectivity index (χ1) is 12.2. The largest absolute Gasteiger partial charge is 0.340 e. The van der Waals surface area contributed by atoms with Gasteiger partial charge in [-0.2, -0.15) is 0 Å². The zero-order chi connectivity index (χ0) is 17.6. The van der Waals surface area contributed by atoms with E-state index in [1.165, 1.54) is 6.42 Å². The highest BCUT2D eigenvalue weighted by atomic mass is 16.2. The van der Waals surface area contributed by atoms with Crippen molar-refractivity contribution in [1.29, 1.82) is 0 Å². The van der Waals surface area contributed by atoms with E-state index in [0.29, 0.717) is 12.5 Å². The molecule has 0 unspecified atom stereocenters. The van der Waals surface area contributed by atoms with Gasteiger partial charge in [0.05, 0.1) is 0 Å². The minimum Gasteiger partial charge on any atom is -0.340 e. The van der Waals surface area contributed by atoms with Crippen LogP contribution in [0.15, 0.2) is 24.8 Å². The Bertz CT molecular complexity index is 690. The number of carbonyl (C=O) groups excluding carboxylic acids is 1. The maximum atomic E-state index is 12.8. The molecule has 3 heterocycles. The van der Waals surface area contributed by atoms with Crippen LogP contribution >= 0.6 is 0 Å². The predicted molar refractivity (Wildman–Crippen MR) is 97.1 cm³/mol. The summed E-state index contributed by atoms with van der Waals surface area (Å²) in [6, 6.07) is 0.353. The van der Waals surface area contributed by atoms with Crippen molar-refractivity contribution in [1.82, 2.24) is 24.0 Å². The van der Waals surface area contributed by atoms with E-state index in [2.05, 4.69) is 30.9 Å². The summed E-state index contributed by atoms with van der Waals surface area (Å²) in [5, 5.41) is 0. The SMILES string of the molecule is CCc1nccn1CCC(=O)N1CCCC[C@@H]1CCc1nccn1C. The summed E-state index contributed by atoms with van der Waals surface area (Å²) in [6.07, 6.45) is 14.5. The molecule has 1 atom stereocenters. The Kier molecular flexibility index (Phi) is 5.89. The highest BCUT2D eigenvalue weighted by Gasteiger charge is 2.26. The van der Waals surface area contributed by atoms with E-state index in [9.17, 15) is 4.79 Å². The van der Waals surface area contributed by atoms with Gasteiger partial charge < -0.3 is 14.0 Å². The van der Waals surface area contributed by atoms with E-state index >= 15 is 0 Å². The molecule has 0 radical (unpaired) electrons. The number of aryl methyl sites for hydroxylation is 4. The summed E-state index contributed by atoms with van der Waals surface area (Å²) in [6.45, 7) is 3.72. The Balaban J connectivity index is 1.56. The third-order valence-electron chi connectivity index (χ3n) is 5.25. The lowest BCUT2D eigenvalue weighted by atomic mass is 9.97. The van der Waals surface area contributed by atoms with Crippen molar-refractivity contribution in [2.75, 3.05) is 6.54 Å². The Labute approximate surface area is 149 Å². The van der Waals surface area contributed by atoms with Crippen LogP contribution in [-0.4, -0.2) is 42.5 Å². The molecule has 3 rings (SSSR count). The normalized spacial score (nSPS) is 17.8. The molecule has 1 fully saturated rings. The molecule has 0 aromatic carbocycles. The van der Waals surface area contributed by atoms with Crippen LogP contribution in [0.2, 0.25) is 0 Å². The van der Waals surface area contributed by atoms with Gasteiger partial charge in [0.2, 0.25) is 5.91 Å². The van der Waals surface area contributed by atoms with Crippen LogP contribution in [0, 0.1) is 0 Å². The van der Waals surface area contributed by atoms with Crippen molar-refractivity contribution in [3.05, 3.63) is 36.4 Å². The van der Waals surface area contributed by atoms with Crippen LogP contribution in [0.4, 0.5) is 0 Å². The average Bonchev–Trinajstić information content (AvgIpc) is 3.26. The molecular weight excluding hydrogens is 314 g/mol. The number of carbonyl (C=O) groups is 1. The van der Waals surface area contributed by atoms with E-state index in [-0.39, 0.29) is 5.91 Å². The fourth-order valence-electron chi connectivity index (χ4n) is 3.78. The molecule has 2 aromatic heterocycles. The van der Waals surface area contributed by atoms with Crippen molar-refractivity contribution in [3.8, 4) is 0 Å². The third-order valence-corrected chi connectivity index (χ3v) is 5.25. The molecule has 25 heavy (non-hydrogen) atoms. The van der Waals surface area contributed by atoms with Gasteiger partial charge in [0, 0.05) is 70.2 Å². The summed E-state index contributed by atoms with van der Waals surface area (Å²) in [5.74, 6) is 2.43. The number of likely N-dealkylation sites (tertiary alicyclic amines) is 1. The van der Waals surface area contributed by atoms with Gasteiger partial charge in [-0.1, -0.05) is 6.92 Å². The van der Waals surface area contributed by atoms with E-state index in [1.54, 1.807) is 0 Å². The van der Waals surface area contributed by atoms with Crippen molar-refractivity contribution in [2.45, 2.75) is 64.5 Å². The highest BCUT2D eigenvalue weighted by molar-refractivity contribution is 5.76. The van der Waals surface area contributed by atoms with Gasteiger partial charge in [0.25, 0.3) is 0 Å². The van der Waals surface area contributed by atoms with Crippen molar-refractivity contribution in [2.24, 2.45) is 7.05 Å². The summed E-state index contributed by atoms with van der Waals surface area (Å²) in [5.41, 5.74) is 0. The van der Waals surface area contributed by atoms with E-state index in [4.69, 9.17) is 0 Å². The minimum atomic E-state index is 0.278. The van der Waals surface area contributed by atoms with Crippen LogP contribution in [0.25, 0.3) is 0 Å². The molecule has 0 bridgehead atoms. The molecule has 0 N–H and O–H groups in total. The first-order valence-electron chi connectivity index (χ1n) is 9.44. The van der Waals surface area contributed by atoms with Crippen LogP contribution in [-0.2, 0) is 31.2 Å². The van der Waals surface area contributed by atoms with E-state index < -0.39 is 0 Å². The van der Waals surface area contributed by atoms with Crippen molar-refractivity contribution in [3.63, 3.8) is 0 Å². The third kappa shape index (κ3) is 4.30. The molecule has 6 heteroatoms. The molecular formula is C19H29N5O. The molecule has 2 aromatic rings. The lowest BCUT2D eigenvalue weighted by Gasteiger charge is -2.36. The van der Waals surface area contributed by atoms with Gasteiger partial charge in [-0.05, 0) is 25.7 Å². The molecule has 0 aliphatic carbocycles. The van der Waals surface area contributed by atoms with E-state index in [0.717, 1.165) is 56.8 Å². The van der Waals surface area contributed by atoms with E-state index in [1.807, 2.05) is 31.8 Å². The first kappa shape index (κ1) is 17.7. The second-order valence-corrected chi connectivity index (χ2v) is 6.87. The second kappa shape index (κ2) is 8.32. The lowest BCUT2D eigenvalue weighted by Crippen LogP contribution is -2.44. The van der Waals surface area contributed by atoms with Crippen molar-refractivity contribution >= 4 is 5.91 Å². The average molecular weight is 343 g/mol. The lowest BCUT2D eigenvalue weighted by molar-refractivity contribution is -0.135. The number of piperidine rings is 1. The quantitative estimate of drug-likeness (QED) is 0.776. The van der Waals surface area contributed by atoms with Crippen LogP contribution < -0.4 is 0 Å². The topological polar surface area (TPSA) is 56.0 Å². The number of rotatable bonds is 7. The Hall–Kier alpha value is -2.11. The van der Waals surface area contributed by atoms with Crippen LogP contribution in [0.3, 0.4) is 0 Å². The number of amides is 1. The smallest absolute Gasteiger partial charge is 0.224 e.